The van der Waals surface area contributed by atoms with E-state index in [1.165, 1.54) is 51.5 Å². The fourth-order valence-electron chi connectivity index (χ4n) is 4.48. The molecule has 0 spiro atoms. The summed E-state index contributed by atoms with van der Waals surface area (Å²) < 4.78 is 13.7. The predicted octanol–water partition coefficient (Wildman–Crippen LogP) is 8.92. The second-order valence-corrected chi connectivity index (χ2v) is 14.5. The Hall–Kier alpha value is -2.23. The number of thiophene rings is 3. The molecular formula is C29H27OPS3. The standard InChI is InChI=1S/C29H27OPS3/c1-17-11-12-27(31(30)22-9-7-6-8-10-22)26(13-17)28-16-25(23-14-18(2)32-20(23)4)29(34-28)24-15-19(3)33-21(24)5/h6-16,31H,1-5H3. The molecule has 5 heteroatoms. The van der Waals surface area contributed by atoms with Crippen LogP contribution < -0.4 is 10.6 Å². The molecule has 34 heavy (non-hydrogen) atoms. The number of hydrogen-bond donors (Lipinski definition) is 0. The second kappa shape index (κ2) is 9.43. The Bertz CT molecular complexity index is 1450. The molecule has 3 aromatic heterocycles. The first-order chi connectivity index (χ1) is 16.3. The first-order valence-electron chi connectivity index (χ1n) is 11.3. The van der Waals surface area contributed by atoms with Crippen molar-refractivity contribution in [3.63, 3.8) is 0 Å². The van der Waals surface area contributed by atoms with Crippen LogP contribution in [0.2, 0.25) is 0 Å². The van der Waals surface area contributed by atoms with Crippen molar-refractivity contribution in [3.8, 4) is 32.0 Å². The van der Waals surface area contributed by atoms with Gasteiger partial charge in [-0.25, -0.2) is 0 Å². The van der Waals surface area contributed by atoms with Gasteiger partial charge in [0.1, 0.15) is 7.80 Å². The van der Waals surface area contributed by atoms with Crippen LogP contribution in [0.15, 0.2) is 66.7 Å². The summed E-state index contributed by atoms with van der Waals surface area (Å²) in [7, 11) is -2.12. The molecular weight excluding hydrogens is 491 g/mol. The smallest absolute Gasteiger partial charge is 0.132 e. The Labute approximate surface area is 214 Å². The summed E-state index contributed by atoms with van der Waals surface area (Å²) in [5.41, 5.74) is 6.20. The van der Waals surface area contributed by atoms with E-state index in [2.05, 4.69) is 71.0 Å². The van der Waals surface area contributed by atoms with Crippen molar-refractivity contribution in [1.82, 2.24) is 0 Å². The largest absolute Gasteiger partial charge is 0.317 e. The zero-order chi connectivity index (χ0) is 24.0. The van der Waals surface area contributed by atoms with Crippen molar-refractivity contribution < 1.29 is 4.57 Å². The van der Waals surface area contributed by atoms with Gasteiger partial charge in [0.25, 0.3) is 0 Å². The third kappa shape index (κ3) is 4.41. The van der Waals surface area contributed by atoms with Crippen molar-refractivity contribution in [2.45, 2.75) is 34.6 Å². The summed E-state index contributed by atoms with van der Waals surface area (Å²) in [5, 5.41) is 1.85. The van der Waals surface area contributed by atoms with Crippen LogP contribution in [0, 0.1) is 34.6 Å². The third-order valence-corrected chi connectivity index (χ3v) is 11.0. The minimum Gasteiger partial charge on any atom is -0.317 e. The SMILES string of the molecule is Cc1ccc([PH](=O)c2ccccc2)c(-c2cc(-c3cc(C)sc3C)c(-c3cc(C)sc3C)s2)c1. The van der Waals surface area contributed by atoms with Crippen molar-refractivity contribution in [3.05, 3.63) is 91.8 Å². The van der Waals surface area contributed by atoms with Gasteiger partial charge >= 0.3 is 0 Å². The minimum absolute atomic E-state index is 0.906. The summed E-state index contributed by atoms with van der Waals surface area (Å²) in [4.78, 5) is 7.84. The molecule has 0 N–H and O–H groups in total. The zero-order valence-electron chi connectivity index (χ0n) is 20.0. The van der Waals surface area contributed by atoms with Gasteiger partial charge in [-0.15, -0.1) is 34.0 Å². The number of rotatable bonds is 5. The quantitative estimate of drug-likeness (QED) is 0.212. The molecule has 0 saturated heterocycles. The Balaban J connectivity index is 1.74. The monoisotopic (exact) mass is 518 g/mol. The van der Waals surface area contributed by atoms with Crippen molar-refractivity contribution in [2.75, 3.05) is 0 Å². The average molecular weight is 519 g/mol. The van der Waals surface area contributed by atoms with E-state index in [1.54, 1.807) is 0 Å². The molecule has 172 valence electrons. The molecule has 0 aliphatic heterocycles. The van der Waals surface area contributed by atoms with Crippen LogP contribution >= 0.6 is 41.8 Å². The predicted molar refractivity (Wildman–Crippen MR) is 155 cm³/mol. The van der Waals surface area contributed by atoms with Gasteiger partial charge in [-0.2, -0.15) is 0 Å². The molecule has 2 aromatic carbocycles. The van der Waals surface area contributed by atoms with Crippen LogP contribution in [-0.4, -0.2) is 0 Å². The normalized spacial score (nSPS) is 12.3. The first-order valence-corrected chi connectivity index (χ1v) is 15.2. The minimum atomic E-state index is -2.12. The number of hydrogen-bond acceptors (Lipinski definition) is 4. The van der Waals surface area contributed by atoms with E-state index >= 15 is 0 Å². The third-order valence-electron chi connectivity index (χ3n) is 6.07. The molecule has 0 aliphatic carbocycles. The molecule has 5 aromatic rings. The summed E-state index contributed by atoms with van der Waals surface area (Å²) in [6, 6.07) is 23.2. The Kier molecular flexibility index (Phi) is 6.52. The Morgan fingerprint density at radius 1 is 0.618 bits per heavy atom. The number of benzene rings is 2. The van der Waals surface area contributed by atoms with Crippen molar-refractivity contribution in [2.24, 2.45) is 0 Å². The average Bonchev–Trinajstić information content (AvgIpc) is 3.49. The fourth-order valence-corrected chi connectivity index (χ4v) is 9.28. The van der Waals surface area contributed by atoms with Crippen LogP contribution in [0.25, 0.3) is 32.0 Å². The second-order valence-electron chi connectivity index (χ2n) is 8.75. The summed E-state index contributed by atoms with van der Waals surface area (Å²) in [6.07, 6.45) is 0. The highest BCUT2D eigenvalue weighted by Crippen LogP contribution is 2.48. The molecule has 3 heterocycles. The Morgan fingerprint density at radius 3 is 1.88 bits per heavy atom. The topological polar surface area (TPSA) is 17.1 Å². The van der Waals surface area contributed by atoms with Crippen molar-refractivity contribution >= 4 is 52.4 Å². The van der Waals surface area contributed by atoms with E-state index in [-0.39, 0.29) is 0 Å². The summed E-state index contributed by atoms with van der Waals surface area (Å²) >= 11 is 5.54. The molecule has 1 nitrogen and oxygen atoms in total. The first kappa shape index (κ1) is 23.5. The molecule has 0 aliphatic rings. The van der Waals surface area contributed by atoms with Gasteiger partial charge in [0.2, 0.25) is 0 Å². The molecule has 0 bridgehead atoms. The lowest BCUT2D eigenvalue weighted by atomic mass is 10.0. The summed E-state index contributed by atoms with van der Waals surface area (Å²) in [6.45, 7) is 10.9. The van der Waals surface area contributed by atoms with Crippen molar-refractivity contribution in [1.29, 1.82) is 0 Å². The van der Waals surface area contributed by atoms with E-state index in [9.17, 15) is 4.57 Å². The van der Waals surface area contributed by atoms with Gasteiger partial charge in [0.15, 0.2) is 0 Å². The molecule has 1 atom stereocenters. The number of aryl methyl sites for hydroxylation is 5. The van der Waals surface area contributed by atoms with Gasteiger partial charge in [0, 0.05) is 56.6 Å². The van der Waals surface area contributed by atoms with Gasteiger partial charge in [-0.3, -0.25) is 0 Å². The molecule has 0 radical (unpaired) electrons. The maximum atomic E-state index is 13.7. The Morgan fingerprint density at radius 2 is 1.26 bits per heavy atom. The maximum Gasteiger partial charge on any atom is 0.132 e. The highest BCUT2D eigenvalue weighted by molar-refractivity contribution is 7.61. The van der Waals surface area contributed by atoms with E-state index in [1.807, 2.05) is 64.3 Å². The lowest BCUT2D eigenvalue weighted by molar-refractivity contribution is 0.598. The molecule has 5 rings (SSSR count). The summed E-state index contributed by atoms with van der Waals surface area (Å²) in [5.74, 6) is 0. The highest BCUT2D eigenvalue weighted by Gasteiger charge is 2.22. The van der Waals surface area contributed by atoms with Gasteiger partial charge in [-0.1, -0.05) is 48.0 Å². The lowest BCUT2D eigenvalue weighted by Crippen LogP contribution is -2.09. The van der Waals surface area contributed by atoms with E-state index < -0.39 is 7.80 Å². The van der Waals surface area contributed by atoms with Gasteiger partial charge < -0.3 is 4.57 Å². The van der Waals surface area contributed by atoms with Crippen LogP contribution in [0.1, 0.15) is 25.1 Å². The maximum absolute atomic E-state index is 13.7. The van der Waals surface area contributed by atoms with E-state index in [0.717, 1.165) is 16.2 Å². The van der Waals surface area contributed by atoms with Gasteiger partial charge in [0.05, 0.1) is 0 Å². The van der Waals surface area contributed by atoms with Crippen LogP contribution in [0.5, 0.6) is 0 Å². The molecule has 0 saturated carbocycles. The molecule has 0 amide bonds. The van der Waals surface area contributed by atoms with E-state index in [0.29, 0.717) is 0 Å². The fraction of sp³-hybridized carbons (Fsp3) is 0.172. The lowest BCUT2D eigenvalue weighted by Gasteiger charge is -2.10. The highest BCUT2D eigenvalue weighted by atomic mass is 32.1. The van der Waals surface area contributed by atoms with Gasteiger partial charge in [-0.05, 0) is 64.4 Å². The zero-order valence-corrected chi connectivity index (χ0v) is 23.4. The molecule has 1 unspecified atom stereocenters. The van der Waals surface area contributed by atoms with Crippen LogP contribution in [0.4, 0.5) is 0 Å². The van der Waals surface area contributed by atoms with Crippen LogP contribution in [-0.2, 0) is 4.57 Å². The van der Waals surface area contributed by atoms with Crippen LogP contribution in [0.3, 0.4) is 0 Å². The molecule has 0 fully saturated rings. The van der Waals surface area contributed by atoms with E-state index in [4.69, 9.17) is 0 Å².